The molecular weight excluding hydrogens is 386 g/mol. The molecule has 4 rings (SSSR count). The van der Waals surface area contributed by atoms with Gasteiger partial charge in [0, 0.05) is 17.1 Å². The molecule has 0 spiro atoms. The van der Waals surface area contributed by atoms with Crippen LogP contribution in [0.15, 0.2) is 72.8 Å². The third-order valence-corrected chi connectivity index (χ3v) is 4.94. The second-order valence-electron chi connectivity index (χ2n) is 6.68. The highest BCUT2D eigenvalue weighted by Gasteiger charge is 2.14. The van der Waals surface area contributed by atoms with Crippen LogP contribution in [-0.4, -0.2) is 22.6 Å². The number of ether oxygens (including phenoxy) is 1. The first-order chi connectivity index (χ1) is 14.1. The lowest BCUT2D eigenvalue weighted by Gasteiger charge is -2.11. The molecule has 1 aromatic heterocycles. The van der Waals surface area contributed by atoms with Gasteiger partial charge in [0.2, 0.25) is 5.91 Å². The fourth-order valence-electron chi connectivity index (χ4n) is 3.24. The molecule has 4 aromatic rings. The normalized spacial score (nSPS) is 10.8. The number of benzene rings is 3. The van der Waals surface area contributed by atoms with Crippen molar-refractivity contribution in [3.63, 3.8) is 0 Å². The molecule has 29 heavy (non-hydrogen) atoms. The van der Waals surface area contributed by atoms with Crippen LogP contribution in [0.2, 0.25) is 5.02 Å². The molecule has 6 heteroatoms. The summed E-state index contributed by atoms with van der Waals surface area (Å²) in [6.07, 6.45) is 0.618. The molecule has 0 saturated heterocycles. The van der Waals surface area contributed by atoms with Gasteiger partial charge in [-0.1, -0.05) is 35.9 Å². The SMILES string of the molecule is COc1ccc(Cc2nc3ccccc3n2CC(=O)Nc2ccc(Cl)cc2)cc1. The number of hydrogen-bond acceptors (Lipinski definition) is 3. The third-order valence-electron chi connectivity index (χ3n) is 4.68. The average Bonchev–Trinajstić information content (AvgIpc) is 3.07. The van der Waals surface area contributed by atoms with Crippen LogP contribution >= 0.6 is 11.6 Å². The molecule has 0 aliphatic heterocycles. The van der Waals surface area contributed by atoms with E-state index in [0.29, 0.717) is 17.1 Å². The number of carbonyl (C=O) groups excluding carboxylic acids is 1. The highest BCUT2D eigenvalue weighted by Crippen LogP contribution is 2.21. The topological polar surface area (TPSA) is 56.2 Å². The zero-order valence-electron chi connectivity index (χ0n) is 15.9. The molecule has 0 fully saturated rings. The summed E-state index contributed by atoms with van der Waals surface area (Å²) in [6.45, 7) is 0.175. The van der Waals surface area contributed by atoms with Crippen molar-refractivity contribution in [2.75, 3.05) is 12.4 Å². The molecule has 0 saturated carbocycles. The lowest BCUT2D eigenvalue weighted by atomic mass is 10.1. The number of amides is 1. The number of para-hydroxylation sites is 2. The van der Waals surface area contributed by atoms with Crippen molar-refractivity contribution < 1.29 is 9.53 Å². The van der Waals surface area contributed by atoms with Crippen molar-refractivity contribution in [1.82, 2.24) is 9.55 Å². The highest BCUT2D eigenvalue weighted by molar-refractivity contribution is 6.30. The Kier molecular flexibility index (Phi) is 5.49. The van der Waals surface area contributed by atoms with E-state index in [1.807, 2.05) is 53.1 Å². The fraction of sp³-hybridized carbons (Fsp3) is 0.130. The number of anilines is 1. The predicted octanol–water partition coefficient (Wildman–Crippen LogP) is 4.93. The molecule has 0 unspecified atom stereocenters. The third kappa shape index (κ3) is 4.41. The standard InChI is InChI=1S/C23H20ClN3O2/c1-29-19-12-6-16(7-13-19)14-22-26-20-4-2-3-5-21(20)27(22)15-23(28)25-18-10-8-17(24)9-11-18/h2-13H,14-15H2,1H3,(H,25,28). The minimum Gasteiger partial charge on any atom is -0.497 e. The van der Waals surface area contributed by atoms with E-state index in [1.54, 1.807) is 31.4 Å². The molecule has 1 N–H and O–H groups in total. The van der Waals surface area contributed by atoms with Gasteiger partial charge in [-0.05, 0) is 54.1 Å². The number of fused-ring (bicyclic) bond motifs is 1. The number of nitrogens with zero attached hydrogens (tertiary/aromatic N) is 2. The number of carbonyl (C=O) groups is 1. The van der Waals surface area contributed by atoms with Crippen LogP contribution in [-0.2, 0) is 17.8 Å². The summed E-state index contributed by atoms with van der Waals surface area (Å²) in [4.78, 5) is 17.4. The minimum absolute atomic E-state index is 0.119. The Balaban J connectivity index is 1.60. The van der Waals surface area contributed by atoms with Gasteiger partial charge < -0.3 is 14.6 Å². The van der Waals surface area contributed by atoms with Crippen molar-refractivity contribution in [3.05, 3.63) is 89.2 Å². The van der Waals surface area contributed by atoms with Gasteiger partial charge in [-0.2, -0.15) is 0 Å². The van der Waals surface area contributed by atoms with Crippen LogP contribution in [0.4, 0.5) is 5.69 Å². The maximum absolute atomic E-state index is 12.7. The van der Waals surface area contributed by atoms with E-state index in [0.717, 1.165) is 28.2 Å². The van der Waals surface area contributed by atoms with Crippen molar-refractivity contribution in [3.8, 4) is 5.75 Å². The second kappa shape index (κ2) is 8.37. The first-order valence-electron chi connectivity index (χ1n) is 9.25. The number of rotatable bonds is 6. The van der Waals surface area contributed by atoms with Crippen LogP contribution in [0.5, 0.6) is 5.75 Å². The smallest absolute Gasteiger partial charge is 0.244 e. The minimum atomic E-state index is -0.119. The molecule has 0 bridgehead atoms. The Hall–Kier alpha value is -3.31. The summed E-state index contributed by atoms with van der Waals surface area (Å²) in [5, 5.41) is 3.55. The lowest BCUT2D eigenvalue weighted by molar-refractivity contribution is -0.116. The predicted molar refractivity (Wildman–Crippen MR) is 116 cm³/mol. The van der Waals surface area contributed by atoms with Gasteiger partial charge >= 0.3 is 0 Å². The zero-order valence-corrected chi connectivity index (χ0v) is 16.7. The number of methoxy groups -OCH3 is 1. The lowest BCUT2D eigenvalue weighted by Crippen LogP contribution is -2.20. The number of hydrogen-bond donors (Lipinski definition) is 1. The van der Waals surface area contributed by atoms with Gasteiger partial charge in [-0.3, -0.25) is 4.79 Å². The molecule has 1 amide bonds. The second-order valence-corrected chi connectivity index (χ2v) is 7.12. The van der Waals surface area contributed by atoms with Gasteiger partial charge in [0.25, 0.3) is 0 Å². The van der Waals surface area contributed by atoms with Gasteiger partial charge in [-0.25, -0.2) is 4.98 Å². The first kappa shape index (κ1) is 19.0. The van der Waals surface area contributed by atoms with Crippen molar-refractivity contribution >= 4 is 34.2 Å². The molecule has 146 valence electrons. The molecule has 5 nitrogen and oxygen atoms in total. The van der Waals surface area contributed by atoms with E-state index in [-0.39, 0.29) is 12.5 Å². The van der Waals surface area contributed by atoms with E-state index >= 15 is 0 Å². The van der Waals surface area contributed by atoms with Crippen LogP contribution in [0.3, 0.4) is 0 Å². The molecule has 1 heterocycles. The highest BCUT2D eigenvalue weighted by atomic mass is 35.5. The van der Waals surface area contributed by atoms with Gasteiger partial charge in [0.1, 0.15) is 18.1 Å². The van der Waals surface area contributed by atoms with Crippen molar-refractivity contribution in [1.29, 1.82) is 0 Å². The first-order valence-corrected chi connectivity index (χ1v) is 9.62. The molecule has 3 aromatic carbocycles. The van der Waals surface area contributed by atoms with E-state index in [4.69, 9.17) is 21.3 Å². The maximum Gasteiger partial charge on any atom is 0.244 e. The van der Waals surface area contributed by atoms with E-state index < -0.39 is 0 Å². The largest absolute Gasteiger partial charge is 0.497 e. The molecule has 0 atom stereocenters. The Morgan fingerprint density at radius 3 is 2.48 bits per heavy atom. The fourth-order valence-corrected chi connectivity index (χ4v) is 3.37. The van der Waals surface area contributed by atoms with Crippen molar-refractivity contribution in [2.45, 2.75) is 13.0 Å². The number of halogens is 1. The van der Waals surface area contributed by atoms with Crippen molar-refractivity contribution in [2.24, 2.45) is 0 Å². The number of imidazole rings is 1. The Morgan fingerprint density at radius 2 is 1.76 bits per heavy atom. The van der Waals surface area contributed by atoms with E-state index in [9.17, 15) is 4.79 Å². The maximum atomic E-state index is 12.7. The van der Waals surface area contributed by atoms with Gasteiger partial charge in [0.05, 0.1) is 18.1 Å². The zero-order chi connectivity index (χ0) is 20.2. The van der Waals surface area contributed by atoms with Crippen LogP contribution in [0.1, 0.15) is 11.4 Å². The molecular formula is C23H20ClN3O2. The average molecular weight is 406 g/mol. The van der Waals surface area contributed by atoms with Gasteiger partial charge in [-0.15, -0.1) is 0 Å². The summed E-state index contributed by atoms with van der Waals surface area (Å²) in [6, 6.07) is 22.8. The van der Waals surface area contributed by atoms with E-state index in [2.05, 4.69) is 5.32 Å². The number of aromatic nitrogens is 2. The van der Waals surface area contributed by atoms with Gasteiger partial charge in [0.15, 0.2) is 0 Å². The Morgan fingerprint density at radius 1 is 1.03 bits per heavy atom. The molecule has 0 aliphatic rings. The summed E-state index contributed by atoms with van der Waals surface area (Å²) in [5.41, 5.74) is 3.61. The van der Waals surface area contributed by atoms with Crippen LogP contribution < -0.4 is 10.1 Å². The summed E-state index contributed by atoms with van der Waals surface area (Å²) >= 11 is 5.91. The quantitative estimate of drug-likeness (QED) is 0.495. The number of nitrogens with one attached hydrogen (secondary N) is 1. The Bertz CT molecular complexity index is 1140. The van der Waals surface area contributed by atoms with Crippen LogP contribution in [0, 0.1) is 0 Å². The molecule has 0 radical (unpaired) electrons. The summed E-state index contributed by atoms with van der Waals surface area (Å²) in [7, 11) is 1.65. The monoisotopic (exact) mass is 405 g/mol. The Labute approximate surface area is 173 Å². The van der Waals surface area contributed by atoms with Crippen LogP contribution in [0.25, 0.3) is 11.0 Å². The molecule has 0 aliphatic carbocycles. The summed E-state index contributed by atoms with van der Waals surface area (Å²) in [5.74, 6) is 1.53. The summed E-state index contributed by atoms with van der Waals surface area (Å²) < 4.78 is 7.19. The van der Waals surface area contributed by atoms with E-state index in [1.165, 1.54) is 0 Å².